The van der Waals surface area contributed by atoms with Crippen LogP contribution < -0.4 is 4.72 Å². The summed E-state index contributed by atoms with van der Waals surface area (Å²) in [6.07, 6.45) is 0. The molecule has 2 aromatic carbocycles. The van der Waals surface area contributed by atoms with E-state index in [-0.39, 0.29) is 22.9 Å². The molecule has 1 unspecified atom stereocenters. The van der Waals surface area contributed by atoms with Crippen molar-refractivity contribution in [3.8, 4) is 0 Å². The smallest absolute Gasteiger partial charge is 0.254 e. The van der Waals surface area contributed by atoms with Crippen LogP contribution in [0.25, 0.3) is 0 Å². The van der Waals surface area contributed by atoms with Crippen molar-refractivity contribution < 1.29 is 13.2 Å². The molecule has 2 rings (SSSR count). The largest absolute Gasteiger partial charge is 0.336 e. The Kier molecular flexibility index (Phi) is 7.38. The van der Waals surface area contributed by atoms with Gasteiger partial charge in [-0.1, -0.05) is 50.2 Å². The van der Waals surface area contributed by atoms with Gasteiger partial charge in [0.05, 0.1) is 4.90 Å². The zero-order valence-corrected chi connectivity index (χ0v) is 18.0. The molecule has 0 saturated carbocycles. The molecule has 28 heavy (non-hydrogen) atoms. The maximum atomic E-state index is 13.0. The summed E-state index contributed by atoms with van der Waals surface area (Å²) >= 11 is 0. The highest BCUT2D eigenvalue weighted by Gasteiger charge is 2.23. The zero-order valence-electron chi connectivity index (χ0n) is 17.2. The summed E-state index contributed by atoms with van der Waals surface area (Å²) in [7, 11) is -3.75. The van der Waals surface area contributed by atoms with E-state index in [0.29, 0.717) is 18.0 Å². The number of carbonyl (C=O) groups is 1. The monoisotopic (exact) mass is 402 g/mol. The Bertz CT molecular complexity index is 893. The summed E-state index contributed by atoms with van der Waals surface area (Å²) in [5.41, 5.74) is 1.26. The van der Waals surface area contributed by atoms with Crippen molar-refractivity contribution in [3.05, 3.63) is 65.7 Å². The van der Waals surface area contributed by atoms with Gasteiger partial charge < -0.3 is 4.90 Å². The van der Waals surface area contributed by atoms with Crippen LogP contribution in [0.5, 0.6) is 0 Å². The zero-order chi connectivity index (χ0) is 20.9. The molecule has 2 aromatic rings. The van der Waals surface area contributed by atoms with Gasteiger partial charge in [0.25, 0.3) is 5.91 Å². The van der Waals surface area contributed by atoms with Crippen molar-refractivity contribution in [1.29, 1.82) is 0 Å². The van der Waals surface area contributed by atoms with Gasteiger partial charge >= 0.3 is 0 Å². The number of benzene rings is 2. The number of carbonyl (C=O) groups excluding carboxylic acids is 1. The molecule has 0 radical (unpaired) electrons. The van der Waals surface area contributed by atoms with E-state index in [1.807, 2.05) is 44.2 Å². The molecule has 0 aliphatic heterocycles. The average molecular weight is 403 g/mol. The van der Waals surface area contributed by atoms with Crippen LogP contribution in [0.1, 0.15) is 56.6 Å². The van der Waals surface area contributed by atoms with Crippen molar-refractivity contribution in [1.82, 2.24) is 9.62 Å². The van der Waals surface area contributed by atoms with Crippen LogP contribution in [0.4, 0.5) is 0 Å². The van der Waals surface area contributed by atoms with E-state index >= 15 is 0 Å². The predicted octanol–water partition coefficient (Wildman–Crippen LogP) is 4.23. The molecule has 0 aromatic heterocycles. The molecule has 1 N–H and O–H groups in total. The maximum Gasteiger partial charge on any atom is 0.254 e. The molecule has 0 aliphatic carbocycles. The van der Waals surface area contributed by atoms with E-state index in [1.165, 1.54) is 12.1 Å². The van der Waals surface area contributed by atoms with E-state index in [9.17, 15) is 13.2 Å². The number of sulfonamides is 1. The van der Waals surface area contributed by atoms with E-state index in [0.717, 1.165) is 5.56 Å². The van der Waals surface area contributed by atoms with Crippen LogP contribution in [0, 0.1) is 5.92 Å². The quantitative estimate of drug-likeness (QED) is 0.718. The Labute approximate surface area is 168 Å². The normalized spacial score (nSPS) is 13.0. The van der Waals surface area contributed by atoms with Crippen LogP contribution in [0.15, 0.2) is 59.5 Å². The molecule has 0 spiro atoms. The van der Waals surface area contributed by atoms with Crippen LogP contribution in [0.3, 0.4) is 0 Å². The van der Waals surface area contributed by atoms with Gasteiger partial charge in [-0.2, -0.15) is 0 Å². The van der Waals surface area contributed by atoms with E-state index < -0.39 is 10.0 Å². The van der Waals surface area contributed by atoms with Gasteiger partial charge in [0.2, 0.25) is 10.0 Å². The lowest BCUT2D eigenvalue weighted by Gasteiger charge is -2.28. The van der Waals surface area contributed by atoms with Gasteiger partial charge in [0.15, 0.2) is 0 Å². The number of nitrogens with one attached hydrogen (secondary N) is 1. The number of amides is 1. The number of hydrogen-bond acceptors (Lipinski definition) is 3. The lowest BCUT2D eigenvalue weighted by Crippen LogP contribution is -2.39. The van der Waals surface area contributed by atoms with Gasteiger partial charge in [0.1, 0.15) is 0 Å². The van der Waals surface area contributed by atoms with Crippen LogP contribution in [-0.4, -0.2) is 31.8 Å². The highest BCUT2D eigenvalue weighted by atomic mass is 32.2. The molecule has 0 fully saturated rings. The Hall–Kier alpha value is -2.18. The van der Waals surface area contributed by atoms with Gasteiger partial charge in [0, 0.05) is 24.2 Å². The summed E-state index contributed by atoms with van der Waals surface area (Å²) in [6.45, 7) is 10.5. The van der Waals surface area contributed by atoms with E-state index in [4.69, 9.17) is 0 Å². The van der Waals surface area contributed by atoms with Crippen molar-refractivity contribution in [2.75, 3.05) is 6.54 Å². The highest BCUT2D eigenvalue weighted by molar-refractivity contribution is 7.89. The molecule has 0 bridgehead atoms. The summed E-state index contributed by atoms with van der Waals surface area (Å²) in [4.78, 5) is 14.8. The molecule has 152 valence electrons. The molecule has 0 heterocycles. The third-order valence-electron chi connectivity index (χ3n) is 4.47. The lowest BCUT2D eigenvalue weighted by molar-refractivity contribution is 0.0681. The van der Waals surface area contributed by atoms with Crippen molar-refractivity contribution >= 4 is 15.9 Å². The lowest BCUT2D eigenvalue weighted by atomic mass is 10.1. The minimum absolute atomic E-state index is 0.0337. The van der Waals surface area contributed by atoms with E-state index in [2.05, 4.69) is 18.6 Å². The summed E-state index contributed by atoms with van der Waals surface area (Å²) in [5.74, 6) is 0.170. The molecular weight excluding hydrogens is 372 g/mol. The minimum atomic E-state index is -3.75. The number of hydrogen-bond donors (Lipinski definition) is 1. The first-order chi connectivity index (χ1) is 13.1. The molecule has 0 saturated heterocycles. The molecular formula is C22H30N2O3S. The van der Waals surface area contributed by atoms with Gasteiger partial charge in [-0.3, -0.25) is 4.79 Å². The second-order valence-corrected chi connectivity index (χ2v) is 9.44. The average Bonchev–Trinajstić information content (AvgIpc) is 2.65. The fourth-order valence-electron chi connectivity index (χ4n) is 2.99. The number of nitrogens with zero attached hydrogens (tertiary/aromatic N) is 1. The van der Waals surface area contributed by atoms with Crippen LogP contribution in [-0.2, 0) is 10.0 Å². The highest BCUT2D eigenvalue weighted by Crippen LogP contribution is 2.19. The fourth-order valence-corrected chi connectivity index (χ4v) is 4.27. The second-order valence-electron chi connectivity index (χ2n) is 7.73. The molecule has 1 amide bonds. The van der Waals surface area contributed by atoms with Crippen molar-refractivity contribution in [2.24, 2.45) is 5.92 Å². The van der Waals surface area contributed by atoms with Crippen LogP contribution >= 0.6 is 0 Å². The summed E-state index contributed by atoms with van der Waals surface area (Å²) < 4.78 is 28.4. The first-order valence-electron chi connectivity index (χ1n) is 9.60. The second kappa shape index (κ2) is 9.34. The first-order valence-corrected chi connectivity index (χ1v) is 11.1. The Balaban J connectivity index is 2.26. The molecule has 1 atom stereocenters. The van der Waals surface area contributed by atoms with Gasteiger partial charge in [-0.25, -0.2) is 13.1 Å². The SMILES string of the molecule is CC(C)CN(C(=O)c1cccc(S(=O)(=O)NC(C)c2ccccc2)c1)C(C)C. The van der Waals surface area contributed by atoms with Crippen LogP contribution in [0.2, 0.25) is 0 Å². The topological polar surface area (TPSA) is 66.5 Å². The first kappa shape index (κ1) is 22.1. The fraction of sp³-hybridized carbons (Fsp3) is 0.409. The summed E-state index contributed by atoms with van der Waals surface area (Å²) in [5, 5.41) is 0. The minimum Gasteiger partial charge on any atom is -0.336 e. The predicted molar refractivity (Wildman–Crippen MR) is 113 cm³/mol. The standard InChI is InChI=1S/C22H30N2O3S/c1-16(2)15-24(17(3)4)22(25)20-12-9-13-21(14-20)28(26,27)23-18(5)19-10-7-6-8-11-19/h6-14,16-18,23H,15H2,1-5H3. The Morgan fingerprint density at radius 3 is 2.18 bits per heavy atom. The Morgan fingerprint density at radius 2 is 1.61 bits per heavy atom. The van der Waals surface area contributed by atoms with Gasteiger partial charge in [-0.05, 0) is 50.5 Å². The maximum absolute atomic E-state index is 13.0. The molecule has 6 heteroatoms. The van der Waals surface area contributed by atoms with Crippen molar-refractivity contribution in [3.63, 3.8) is 0 Å². The number of rotatable bonds is 8. The third kappa shape index (κ3) is 5.66. The van der Waals surface area contributed by atoms with Gasteiger partial charge in [-0.15, -0.1) is 0 Å². The summed E-state index contributed by atoms with van der Waals surface area (Å²) in [6, 6.07) is 15.3. The third-order valence-corrected chi connectivity index (χ3v) is 6.01. The molecule has 0 aliphatic rings. The molecule has 5 nitrogen and oxygen atoms in total. The van der Waals surface area contributed by atoms with E-state index in [1.54, 1.807) is 24.0 Å². The van der Waals surface area contributed by atoms with Crippen molar-refractivity contribution in [2.45, 2.75) is 51.6 Å². The Morgan fingerprint density at radius 1 is 0.964 bits per heavy atom.